The molecule has 0 aliphatic carbocycles. The number of carboxylic acid groups (broad SMARTS) is 1. The molecule has 0 bridgehead atoms. The number of amides is 2. The Morgan fingerprint density at radius 1 is 0.750 bits per heavy atom. The van der Waals surface area contributed by atoms with Gasteiger partial charge in [0.05, 0.1) is 35.8 Å². The van der Waals surface area contributed by atoms with Gasteiger partial charge in [-0.2, -0.15) is 0 Å². The molecule has 1 aliphatic rings. The van der Waals surface area contributed by atoms with Gasteiger partial charge >= 0.3 is 17.9 Å². The third kappa shape index (κ3) is 20.9. The third-order valence-electron chi connectivity index (χ3n) is 14.0. The minimum absolute atomic E-state index is 0.0734. The van der Waals surface area contributed by atoms with Crippen LogP contribution in [0.25, 0.3) is 22.4 Å². The lowest BCUT2D eigenvalue weighted by atomic mass is 9.86. The first-order chi connectivity index (χ1) is 36.6. The van der Waals surface area contributed by atoms with Crippen molar-refractivity contribution in [2.75, 3.05) is 5.32 Å². The lowest BCUT2D eigenvalue weighted by molar-refractivity contribution is -0.190. The normalized spacial score (nSPS) is 15.6. The summed E-state index contributed by atoms with van der Waals surface area (Å²) in [5, 5.41) is 35.4. The third-order valence-corrected chi connectivity index (χ3v) is 14.0. The van der Waals surface area contributed by atoms with Crippen LogP contribution < -0.4 is 10.6 Å². The quantitative estimate of drug-likeness (QED) is 0.0168. The first-order valence-corrected chi connectivity index (χ1v) is 28.2. The number of rotatable bonds is 35. The second-order valence-corrected chi connectivity index (χ2v) is 21.2. The number of aliphatic hydroxyl groups excluding tert-OH is 2. The summed E-state index contributed by atoms with van der Waals surface area (Å²) in [4.78, 5) is 61.0. The summed E-state index contributed by atoms with van der Waals surface area (Å²) >= 11 is 0. The molecule has 13 nitrogen and oxygen atoms in total. The summed E-state index contributed by atoms with van der Waals surface area (Å²) in [6.45, 7) is 12.7. The predicted molar refractivity (Wildman–Crippen MR) is 298 cm³/mol. The summed E-state index contributed by atoms with van der Waals surface area (Å²) in [5.74, 6) is -2.24. The Morgan fingerprint density at radius 3 is 1.91 bits per heavy atom. The zero-order valence-corrected chi connectivity index (χ0v) is 46.2. The molecule has 1 aromatic heterocycles. The number of cyclic esters (lactones) is 1. The highest BCUT2D eigenvalue weighted by Gasteiger charge is 2.43. The van der Waals surface area contributed by atoms with Crippen LogP contribution in [0.4, 0.5) is 10.1 Å². The van der Waals surface area contributed by atoms with Crippen LogP contribution in [0, 0.1) is 17.7 Å². The van der Waals surface area contributed by atoms with E-state index < -0.39 is 30.6 Å². The first kappa shape index (κ1) is 62.7. The number of aliphatic hydroxyl groups is 2. The fourth-order valence-corrected chi connectivity index (χ4v) is 10.1. The number of aliphatic carboxylic acids is 1. The second kappa shape index (κ2) is 34.0. The van der Waals surface area contributed by atoms with E-state index in [4.69, 9.17) is 14.6 Å². The minimum atomic E-state index is -1.18. The number of anilines is 1. The van der Waals surface area contributed by atoms with Crippen LogP contribution in [0.15, 0.2) is 84.9 Å². The highest BCUT2D eigenvalue weighted by molar-refractivity contribution is 6.12. The van der Waals surface area contributed by atoms with E-state index in [1.54, 1.807) is 12.1 Å². The van der Waals surface area contributed by atoms with Crippen molar-refractivity contribution < 1.29 is 53.2 Å². The van der Waals surface area contributed by atoms with E-state index in [1.165, 1.54) is 69.9 Å². The number of aromatic nitrogens is 1. The molecule has 0 unspecified atom stereocenters. The van der Waals surface area contributed by atoms with Gasteiger partial charge in [0, 0.05) is 29.9 Å². The molecule has 2 amide bonds. The Kier molecular flexibility index (Phi) is 28.1. The van der Waals surface area contributed by atoms with Crippen molar-refractivity contribution in [3.05, 3.63) is 102 Å². The number of esters is 2. The van der Waals surface area contributed by atoms with E-state index in [0.717, 1.165) is 49.8 Å². The smallest absolute Gasteiger partial charge is 0.328 e. The highest BCUT2D eigenvalue weighted by Crippen LogP contribution is 2.43. The van der Waals surface area contributed by atoms with Crippen molar-refractivity contribution >= 4 is 35.9 Å². The summed E-state index contributed by atoms with van der Waals surface area (Å²) in [7, 11) is 0. The maximum absolute atomic E-state index is 14.0. The van der Waals surface area contributed by atoms with Gasteiger partial charge in [0.15, 0.2) is 0 Å². The molecule has 418 valence electrons. The van der Waals surface area contributed by atoms with Crippen LogP contribution >= 0.6 is 0 Å². The van der Waals surface area contributed by atoms with E-state index in [0.29, 0.717) is 47.3 Å². The molecule has 1 aliphatic heterocycles. The minimum Gasteiger partial charge on any atom is -0.481 e. The van der Waals surface area contributed by atoms with Gasteiger partial charge in [-0.3, -0.25) is 19.2 Å². The fourth-order valence-electron chi connectivity index (χ4n) is 10.1. The van der Waals surface area contributed by atoms with Crippen molar-refractivity contribution in [2.45, 2.75) is 213 Å². The number of hydrogen-bond acceptors (Lipinski definition) is 9. The average Bonchev–Trinajstić information content (AvgIpc) is 3.73. The van der Waals surface area contributed by atoms with Gasteiger partial charge in [-0.25, -0.2) is 9.18 Å². The molecule has 5 N–H and O–H groups in total. The number of nitrogens with one attached hydrogen (secondary N) is 2. The Morgan fingerprint density at radius 2 is 1.34 bits per heavy atom. The van der Waals surface area contributed by atoms with Crippen LogP contribution in [0.3, 0.4) is 0 Å². The maximum atomic E-state index is 14.0. The van der Waals surface area contributed by atoms with Crippen LogP contribution in [0.1, 0.15) is 192 Å². The molecule has 0 radical (unpaired) electrons. The summed E-state index contributed by atoms with van der Waals surface area (Å²) < 4.78 is 27.4. The van der Waals surface area contributed by atoms with Gasteiger partial charge < -0.3 is 40.0 Å². The summed E-state index contributed by atoms with van der Waals surface area (Å²) in [5.41, 5.74) is 4.77. The highest BCUT2D eigenvalue weighted by atomic mass is 19.1. The SMILES string of the molecule is CC(C)c1c(C(=O)Nc2ccccc2)c(-c2ccccc2)c(-c2ccc(F)cc2)n1CC[C@@H](O)C[C@@H](O)CC(=O)O.CCCCCCCCCCC[C@@H](C[C@@H]1OC(=O)[C@H]1CCCCCC)OC(=O)[C@H](CC(C)C)NC=O. The van der Waals surface area contributed by atoms with E-state index in [-0.39, 0.29) is 73.0 Å². The molecule has 2 heterocycles. The van der Waals surface area contributed by atoms with Crippen molar-refractivity contribution in [3.8, 4) is 22.4 Å². The van der Waals surface area contributed by atoms with Crippen LogP contribution in [-0.4, -0.2) is 80.6 Å². The fraction of sp³-hybridized carbons (Fsp3) is 0.565. The number of unbranched alkanes of at least 4 members (excludes halogenated alkanes) is 11. The molecular formula is C62H88FN3O10. The largest absolute Gasteiger partial charge is 0.481 e. The van der Waals surface area contributed by atoms with Gasteiger partial charge in [0.25, 0.3) is 5.91 Å². The van der Waals surface area contributed by atoms with E-state index in [1.807, 2.05) is 92.9 Å². The molecule has 6 atom stereocenters. The van der Waals surface area contributed by atoms with Crippen molar-refractivity contribution in [2.24, 2.45) is 11.8 Å². The number of hydrogen-bond donors (Lipinski definition) is 5. The number of para-hydroxylation sites is 1. The zero-order valence-electron chi connectivity index (χ0n) is 46.2. The summed E-state index contributed by atoms with van der Waals surface area (Å²) in [6, 6.07) is 24.1. The Bertz CT molecular complexity index is 2340. The molecule has 5 rings (SSSR count). The number of carboxylic acids is 1. The van der Waals surface area contributed by atoms with E-state index >= 15 is 0 Å². The number of nitrogens with zero attached hydrogens (tertiary/aromatic N) is 1. The number of carbonyl (C=O) groups excluding carboxylic acids is 4. The monoisotopic (exact) mass is 1050 g/mol. The summed E-state index contributed by atoms with van der Waals surface area (Å²) in [6.07, 6.45) is 16.0. The zero-order chi connectivity index (χ0) is 55.4. The van der Waals surface area contributed by atoms with Gasteiger partial charge in [-0.05, 0) is 97.9 Å². The Hall–Kier alpha value is -5.86. The Labute approximate surface area is 451 Å². The van der Waals surface area contributed by atoms with Crippen molar-refractivity contribution in [1.82, 2.24) is 9.88 Å². The van der Waals surface area contributed by atoms with Crippen molar-refractivity contribution in [3.63, 3.8) is 0 Å². The second-order valence-electron chi connectivity index (χ2n) is 21.2. The number of halogens is 1. The standard InChI is InChI=1S/C33H35FN2O5.C29H53NO5/c1-21(2)31-30(33(41)35-25-11-7-4-8-12-25)29(22-9-5-3-6-10-22)32(23-13-15-24(34)16-14-23)36(31)18-17-26(37)19-27(38)20-28(39)40;1-5-7-9-11-12-13-14-15-16-18-24(34-29(33)26(30-22-31)20-23(3)4)21-27-25(28(32)35-27)19-17-10-8-6-2/h3-16,21,26-27,37-38H,17-20H2,1-2H3,(H,35,41)(H,39,40);22-27H,5-21H2,1-4H3,(H,30,31)/t26-,27-;24-,25-,26-,27-/m10/s1. The lowest BCUT2D eigenvalue weighted by Gasteiger charge is -2.37. The van der Waals surface area contributed by atoms with Crippen molar-refractivity contribution in [1.29, 1.82) is 0 Å². The van der Waals surface area contributed by atoms with E-state index in [9.17, 15) is 38.6 Å². The van der Waals surface area contributed by atoms with Gasteiger partial charge in [0.2, 0.25) is 6.41 Å². The van der Waals surface area contributed by atoms with E-state index in [2.05, 4.69) is 24.5 Å². The Balaban J connectivity index is 0.000000334. The molecule has 76 heavy (non-hydrogen) atoms. The van der Waals surface area contributed by atoms with Crippen LogP contribution in [0.2, 0.25) is 0 Å². The van der Waals surface area contributed by atoms with Crippen LogP contribution in [-0.2, 0) is 35.2 Å². The molecule has 1 saturated heterocycles. The van der Waals surface area contributed by atoms with Gasteiger partial charge in [0.1, 0.15) is 24.1 Å². The van der Waals surface area contributed by atoms with Gasteiger partial charge in [-0.1, -0.05) is 167 Å². The topological polar surface area (TPSA) is 193 Å². The molecule has 1 fully saturated rings. The lowest BCUT2D eigenvalue weighted by Crippen LogP contribution is -2.48. The number of benzene rings is 3. The first-order valence-electron chi connectivity index (χ1n) is 28.2. The molecule has 3 aromatic carbocycles. The molecule has 14 heteroatoms. The predicted octanol–water partition coefficient (Wildman–Crippen LogP) is 13.2. The molecule has 0 spiro atoms. The number of ether oxygens (including phenoxy) is 2. The molecule has 4 aromatic rings. The molecule has 0 saturated carbocycles. The number of carbonyl (C=O) groups is 5. The maximum Gasteiger partial charge on any atom is 0.328 e. The van der Waals surface area contributed by atoms with Gasteiger partial charge in [-0.15, -0.1) is 0 Å². The molecular weight excluding hydrogens is 966 g/mol. The van der Waals surface area contributed by atoms with Crippen LogP contribution in [0.5, 0.6) is 0 Å². The average molecular weight is 1050 g/mol.